The van der Waals surface area contributed by atoms with Crippen molar-refractivity contribution in [2.24, 2.45) is 5.10 Å². The summed E-state index contributed by atoms with van der Waals surface area (Å²) in [6.45, 7) is 0. The van der Waals surface area contributed by atoms with Crippen molar-refractivity contribution in [1.82, 2.24) is 20.6 Å². The van der Waals surface area contributed by atoms with Crippen molar-refractivity contribution in [1.29, 1.82) is 0 Å². The number of hydrogen-bond acceptors (Lipinski definition) is 8. The van der Waals surface area contributed by atoms with Crippen LogP contribution in [0.4, 0.5) is 0 Å². The molecule has 3 rings (SSSR count). The van der Waals surface area contributed by atoms with Gasteiger partial charge in [-0.2, -0.15) is 5.10 Å². The van der Waals surface area contributed by atoms with Crippen LogP contribution in [-0.2, 0) is 4.79 Å². The number of aromatic nitrogens is 3. The van der Waals surface area contributed by atoms with Crippen LogP contribution in [0.25, 0.3) is 11.5 Å². The zero-order valence-electron chi connectivity index (χ0n) is 11.7. The number of nitrogens with one attached hydrogen (secondary N) is 1. The molecular formula is C14H11N5O2S2. The third-order valence-corrected chi connectivity index (χ3v) is 4.21. The minimum Gasteiger partial charge on any atom is -0.411 e. The number of nitrogens with zero attached hydrogens (tertiary/aromatic N) is 4. The Bertz CT molecular complexity index is 787. The van der Waals surface area contributed by atoms with E-state index in [1.54, 1.807) is 42.1 Å². The molecule has 0 saturated carbocycles. The maximum Gasteiger partial charge on any atom is 0.277 e. The summed E-state index contributed by atoms with van der Waals surface area (Å²) in [4.78, 5) is 16.6. The summed E-state index contributed by atoms with van der Waals surface area (Å²) < 4.78 is 5.48. The Hall–Kier alpha value is -2.52. The highest BCUT2D eigenvalue weighted by Crippen LogP contribution is 2.22. The van der Waals surface area contributed by atoms with Gasteiger partial charge in [0.15, 0.2) is 0 Å². The Morgan fingerprint density at radius 1 is 1.35 bits per heavy atom. The molecule has 1 amide bonds. The van der Waals surface area contributed by atoms with Gasteiger partial charge in [-0.25, -0.2) is 5.43 Å². The number of rotatable bonds is 6. The molecule has 0 aliphatic carbocycles. The van der Waals surface area contributed by atoms with Crippen molar-refractivity contribution >= 4 is 35.2 Å². The van der Waals surface area contributed by atoms with E-state index in [2.05, 4.69) is 25.7 Å². The standard InChI is InChI=1S/C14H11N5O2S2/c20-12(17-16-8-11-2-1-7-22-11)9-23-14-19-18-13(21-14)10-3-5-15-6-4-10/h1-8H,9H2,(H,17,20)/b16-8+. The lowest BCUT2D eigenvalue weighted by molar-refractivity contribution is -0.118. The summed E-state index contributed by atoms with van der Waals surface area (Å²) in [7, 11) is 0. The lowest BCUT2D eigenvalue weighted by Crippen LogP contribution is -2.19. The van der Waals surface area contributed by atoms with E-state index in [1.165, 1.54) is 0 Å². The Morgan fingerprint density at radius 3 is 3.00 bits per heavy atom. The third-order valence-electron chi connectivity index (χ3n) is 2.58. The number of pyridine rings is 1. The first-order valence-electron chi connectivity index (χ1n) is 6.53. The third kappa shape index (κ3) is 4.47. The number of carbonyl (C=O) groups is 1. The second-order valence-electron chi connectivity index (χ2n) is 4.21. The topological polar surface area (TPSA) is 93.3 Å². The van der Waals surface area contributed by atoms with Gasteiger partial charge in [-0.05, 0) is 23.6 Å². The van der Waals surface area contributed by atoms with Gasteiger partial charge < -0.3 is 4.42 Å². The molecule has 0 aliphatic heterocycles. The lowest BCUT2D eigenvalue weighted by atomic mass is 10.3. The maximum absolute atomic E-state index is 11.7. The van der Waals surface area contributed by atoms with E-state index >= 15 is 0 Å². The molecule has 7 nitrogen and oxygen atoms in total. The number of thioether (sulfide) groups is 1. The summed E-state index contributed by atoms with van der Waals surface area (Å²) in [6.07, 6.45) is 4.89. The molecule has 0 radical (unpaired) electrons. The molecule has 0 bridgehead atoms. The highest BCUT2D eigenvalue weighted by atomic mass is 32.2. The van der Waals surface area contributed by atoms with E-state index in [-0.39, 0.29) is 11.7 Å². The van der Waals surface area contributed by atoms with Gasteiger partial charge in [0, 0.05) is 22.8 Å². The van der Waals surface area contributed by atoms with Crippen LogP contribution in [0.1, 0.15) is 4.88 Å². The fourth-order valence-electron chi connectivity index (χ4n) is 1.57. The van der Waals surface area contributed by atoms with Crippen LogP contribution in [0.15, 0.2) is 56.8 Å². The SMILES string of the molecule is O=C(CSc1nnc(-c2ccncc2)o1)N/N=C/c1cccs1. The molecule has 3 heterocycles. The van der Waals surface area contributed by atoms with Crippen LogP contribution >= 0.6 is 23.1 Å². The highest BCUT2D eigenvalue weighted by Gasteiger charge is 2.10. The molecule has 0 atom stereocenters. The molecule has 116 valence electrons. The smallest absolute Gasteiger partial charge is 0.277 e. The molecular weight excluding hydrogens is 334 g/mol. The van der Waals surface area contributed by atoms with Gasteiger partial charge >= 0.3 is 0 Å². The average molecular weight is 345 g/mol. The van der Waals surface area contributed by atoms with Gasteiger partial charge in [0.25, 0.3) is 11.1 Å². The van der Waals surface area contributed by atoms with E-state index in [1.807, 2.05) is 17.5 Å². The largest absolute Gasteiger partial charge is 0.411 e. The van der Waals surface area contributed by atoms with Crippen LogP contribution < -0.4 is 5.43 Å². The quantitative estimate of drug-likeness (QED) is 0.419. The van der Waals surface area contributed by atoms with Gasteiger partial charge in [-0.1, -0.05) is 17.8 Å². The summed E-state index contributed by atoms with van der Waals surface area (Å²) in [5.74, 6) is 0.289. The molecule has 0 saturated heterocycles. The highest BCUT2D eigenvalue weighted by molar-refractivity contribution is 7.99. The van der Waals surface area contributed by atoms with E-state index < -0.39 is 0 Å². The molecule has 9 heteroatoms. The van der Waals surface area contributed by atoms with E-state index in [4.69, 9.17) is 4.42 Å². The van der Waals surface area contributed by atoms with E-state index in [9.17, 15) is 4.79 Å². The van der Waals surface area contributed by atoms with Crippen molar-refractivity contribution in [3.63, 3.8) is 0 Å². The van der Waals surface area contributed by atoms with Crippen molar-refractivity contribution in [2.75, 3.05) is 5.75 Å². The fourth-order valence-corrected chi connectivity index (χ4v) is 2.71. The van der Waals surface area contributed by atoms with Gasteiger partial charge in [0.05, 0.1) is 12.0 Å². The minimum atomic E-state index is -0.244. The average Bonchev–Trinajstić information content (AvgIpc) is 3.25. The predicted octanol–water partition coefficient (Wildman–Crippen LogP) is 2.44. The van der Waals surface area contributed by atoms with Gasteiger partial charge in [-0.15, -0.1) is 21.5 Å². The van der Waals surface area contributed by atoms with Gasteiger partial charge in [-0.3, -0.25) is 9.78 Å². The van der Waals surface area contributed by atoms with Crippen LogP contribution in [0.2, 0.25) is 0 Å². The van der Waals surface area contributed by atoms with Crippen LogP contribution in [0.5, 0.6) is 0 Å². The Balaban J connectivity index is 1.49. The molecule has 0 aromatic carbocycles. The molecule has 0 unspecified atom stereocenters. The Morgan fingerprint density at radius 2 is 2.22 bits per heavy atom. The summed E-state index contributed by atoms with van der Waals surface area (Å²) in [5.41, 5.74) is 3.23. The number of carbonyl (C=O) groups excluding carboxylic acids is 1. The fraction of sp³-hybridized carbons (Fsp3) is 0.0714. The second kappa shape index (κ2) is 7.65. The van der Waals surface area contributed by atoms with Crippen LogP contribution in [0, 0.1) is 0 Å². The van der Waals surface area contributed by atoms with Crippen molar-refractivity contribution in [3.05, 3.63) is 46.9 Å². The predicted molar refractivity (Wildman–Crippen MR) is 88.3 cm³/mol. The first-order valence-corrected chi connectivity index (χ1v) is 8.40. The van der Waals surface area contributed by atoms with Crippen molar-refractivity contribution in [3.8, 4) is 11.5 Å². The number of hydrogen-bond donors (Lipinski definition) is 1. The summed E-state index contributed by atoms with van der Waals surface area (Å²) in [6, 6.07) is 7.37. The molecule has 23 heavy (non-hydrogen) atoms. The Labute approximate surface area is 139 Å². The zero-order valence-corrected chi connectivity index (χ0v) is 13.4. The lowest BCUT2D eigenvalue weighted by Gasteiger charge is -1.96. The monoisotopic (exact) mass is 345 g/mol. The molecule has 0 aliphatic rings. The summed E-state index contributed by atoms with van der Waals surface area (Å²) >= 11 is 2.69. The van der Waals surface area contributed by atoms with Crippen LogP contribution in [0.3, 0.4) is 0 Å². The first-order chi connectivity index (χ1) is 11.3. The zero-order chi connectivity index (χ0) is 15.9. The number of amides is 1. The van der Waals surface area contributed by atoms with Crippen molar-refractivity contribution < 1.29 is 9.21 Å². The van der Waals surface area contributed by atoms with E-state index in [0.717, 1.165) is 22.2 Å². The molecule has 3 aromatic heterocycles. The normalized spacial score (nSPS) is 11.0. The molecule has 1 N–H and O–H groups in total. The molecule has 0 fully saturated rings. The first kappa shape index (κ1) is 15.4. The van der Waals surface area contributed by atoms with E-state index in [0.29, 0.717) is 11.1 Å². The molecule has 3 aromatic rings. The van der Waals surface area contributed by atoms with Gasteiger partial charge in [0.2, 0.25) is 5.89 Å². The van der Waals surface area contributed by atoms with Crippen molar-refractivity contribution in [2.45, 2.75) is 5.22 Å². The van der Waals surface area contributed by atoms with Crippen LogP contribution in [-0.4, -0.2) is 33.1 Å². The maximum atomic E-state index is 11.7. The summed E-state index contributed by atoms with van der Waals surface area (Å²) in [5, 5.41) is 14.0. The number of thiophene rings is 1. The second-order valence-corrected chi connectivity index (χ2v) is 6.11. The minimum absolute atomic E-state index is 0.139. The molecule has 0 spiro atoms. The Kier molecular flexibility index (Phi) is 5.12. The number of hydrazone groups is 1. The van der Waals surface area contributed by atoms with Gasteiger partial charge in [0.1, 0.15) is 0 Å².